The summed E-state index contributed by atoms with van der Waals surface area (Å²) in [6, 6.07) is 25.9. The Morgan fingerprint density at radius 3 is 2.61 bits per heavy atom. The molecule has 5 heteroatoms. The summed E-state index contributed by atoms with van der Waals surface area (Å²) in [6.45, 7) is 5.57. The summed E-state index contributed by atoms with van der Waals surface area (Å²) in [4.78, 5) is 17.5. The summed E-state index contributed by atoms with van der Waals surface area (Å²) in [5.74, 6) is 1.80. The van der Waals surface area contributed by atoms with E-state index in [0.29, 0.717) is 13.0 Å². The van der Waals surface area contributed by atoms with E-state index < -0.39 is 0 Å². The van der Waals surface area contributed by atoms with Crippen molar-refractivity contribution in [3.8, 4) is 5.75 Å². The number of amides is 1. The predicted molar refractivity (Wildman–Crippen MR) is 132 cm³/mol. The summed E-state index contributed by atoms with van der Waals surface area (Å²) >= 11 is 0. The van der Waals surface area contributed by atoms with Crippen molar-refractivity contribution in [3.63, 3.8) is 0 Å². The molecule has 0 aliphatic heterocycles. The van der Waals surface area contributed by atoms with Crippen LogP contribution in [0.4, 0.5) is 0 Å². The van der Waals surface area contributed by atoms with Crippen LogP contribution in [0.2, 0.25) is 0 Å². The number of carbonyl (C=O) groups excluding carboxylic acids is 1. The number of ether oxygens (including phenoxy) is 1. The zero-order valence-electron chi connectivity index (χ0n) is 19.3. The van der Waals surface area contributed by atoms with E-state index in [1.54, 1.807) is 0 Å². The van der Waals surface area contributed by atoms with Crippen molar-refractivity contribution in [1.29, 1.82) is 0 Å². The predicted octanol–water partition coefficient (Wildman–Crippen LogP) is 5.62. The molecule has 3 aromatic carbocycles. The first-order valence-electron chi connectivity index (χ1n) is 11.6. The molecule has 1 unspecified atom stereocenters. The van der Waals surface area contributed by atoms with Gasteiger partial charge in [0.1, 0.15) is 11.6 Å². The highest BCUT2D eigenvalue weighted by Crippen LogP contribution is 2.22. The molecule has 4 aromatic rings. The first-order chi connectivity index (χ1) is 16.1. The highest BCUT2D eigenvalue weighted by Gasteiger charge is 2.18. The summed E-state index contributed by atoms with van der Waals surface area (Å²) in [5, 5.41) is 3.13. The van der Waals surface area contributed by atoms with Crippen LogP contribution in [0.5, 0.6) is 5.75 Å². The van der Waals surface area contributed by atoms with Gasteiger partial charge in [-0.1, -0.05) is 54.6 Å². The summed E-state index contributed by atoms with van der Waals surface area (Å²) in [6.07, 6.45) is 2.26. The number of fused-ring (bicyclic) bond motifs is 1. The fourth-order valence-electron chi connectivity index (χ4n) is 4.07. The summed E-state index contributed by atoms with van der Waals surface area (Å²) < 4.78 is 8.13. The quantitative estimate of drug-likeness (QED) is 0.325. The van der Waals surface area contributed by atoms with Crippen LogP contribution in [-0.4, -0.2) is 22.1 Å². The highest BCUT2D eigenvalue weighted by molar-refractivity contribution is 5.79. The number of nitrogens with one attached hydrogen (secondary N) is 1. The number of nitrogens with zero attached hydrogens (tertiary/aromatic N) is 2. The molecule has 0 aliphatic rings. The van der Waals surface area contributed by atoms with Crippen molar-refractivity contribution in [2.75, 3.05) is 6.61 Å². The second kappa shape index (κ2) is 10.8. The third-order valence-electron chi connectivity index (χ3n) is 5.69. The van der Waals surface area contributed by atoms with E-state index in [2.05, 4.69) is 35.0 Å². The zero-order valence-corrected chi connectivity index (χ0v) is 19.3. The number of benzene rings is 3. The standard InChI is InChI=1S/C28H31N3O2/c1-21-11-10-14-24(19-21)33-18-9-8-17-31-26-16-7-6-15-25(26)30-28(31)22(2)29-27(32)20-23-12-4-3-5-13-23/h3-7,10-16,19,22H,8-9,17-18,20H2,1-2H3,(H,29,32). The Morgan fingerprint density at radius 1 is 1.00 bits per heavy atom. The number of aromatic nitrogens is 2. The monoisotopic (exact) mass is 441 g/mol. The molecule has 0 spiro atoms. The third-order valence-corrected chi connectivity index (χ3v) is 5.69. The first-order valence-corrected chi connectivity index (χ1v) is 11.6. The molecule has 0 saturated heterocycles. The Labute approximate surface area is 195 Å². The molecule has 0 saturated carbocycles. The van der Waals surface area contributed by atoms with Crippen LogP contribution >= 0.6 is 0 Å². The Kier molecular flexibility index (Phi) is 7.40. The fourth-order valence-corrected chi connectivity index (χ4v) is 4.07. The number of carbonyl (C=O) groups is 1. The van der Waals surface area contributed by atoms with Gasteiger partial charge >= 0.3 is 0 Å². The van der Waals surface area contributed by atoms with Crippen LogP contribution in [0.15, 0.2) is 78.9 Å². The van der Waals surface area contributed by atoms with Gasteiger partial charge < -0.3 is 14.6 Å². The molecule has 1 atom stereocenters. The van der Waals surface area contributed by atoms with Crippen LogP contribution in [0.1, 0.15) is 42.8 Å². The molecule has 1 heterocycles. The molecule has 33 heavy (non-hydrogen) atoms. The lowest BCUT2D eigenvalue weighted by Gasteiger charge is -2.17. The van der Waals surface area contributed by atoms with E-state index in [1.807, 2.05) is 67.6 Å². The van der Waals surface area contributed by atoms with E-state index >= 15 is 0 Å². The van der Waals surface area contributed by atoms with Crippen LogP contribution < -0.4 is 10.1 Å². The number of para-hydroxylation sites is 2. The van der Waals surface area contributed by atoms with Gasteiger partial charge in [-0.05, 0) is 62.1 Å². The maximum absolute atomic E-state index is 12.6. The lowest BCUT2D eigenvalue weighted by molar-refractivity contribution is -0.121. The Hall–Kier alpha value is -3.60. The van der Waals surface area contributed by atoms with Crippen molar-refractivity contribution in [1.82, 2.24) is 14.9 Å². The number of unbranched alkanes of at least 4 members (excludes halogenated alkanes) is 1. The van der Waals surface area contributed by atoms with Crippen LogP contribution in [0.3, 0.4) is 0 Å². The largest absolute Gasteiger partial charge is 0.494 e. The molecular formula is C28H31N3O2. The van der Waals surface area contributed by atoms with Gasteiger partial charge in [0, 0.05) is 6.54 Å². The molecule has 1 N–H and O–H groups in total. The summed E-state index contributed by atoms with van der Waals surface area (Å²) in [5.41, 5.74) is 4.25. The van der Waals surface area contributed by atoms with Gasteiger partial charge in [0.15, 0.2) is 0 Å². The molecule has 0 aliphatic carbocycles. The molecular weight excluding hydrogens is 410 g/mol. The number of rotatable bonds is 10. The minimum atomic E-state index is -0.183. The topological polar surface area (TPSA) is 56.1 Å². The molecule has 0 radical (unpaired) electrons. The molecule has 170 valence electrons. The average molecular weight is 442 g/mol. The van der Waals surface area contributed by atoms with Gasteiger partial charge in [-0.25, -0.2) is 4.98 Å². The normalized spacial score (nSPS) is 11.9. The molecule has 4 rings (SSSR count). The van der Waals surface area contributed by atoms with Crippen molar-refractivity contribution < 1.29 is 9.53 Å². The van der Waals surface area contributed by atoms with Gasteiger partial charge in [0.2, 0.25) is 5.91 Å². The van der Waals surface area contributed by atoms with E-state index in [4.69, 9.17) is 9.72 Å². The Bertz CT molecular complexity index is 1200. The molecule has 1 amide bonds. The van der Waals surface area contributed by atoms with Crippen LogP contribution in [0.25, 0.3) is 11.0 Å². The van der Waals surface area contributed by atoms with Crippen molar-refractivity contribution in [3.05, 3.63) is 95.8 Å². The van der Waals surface area contributed by atoms with E-state index in [1.165, 1.54) is 5.56 Å². The number of aryl methyl sites for hydroxylation is 2. The lowest BCUT2D eigenvalue weighted by Crippen LogP contribution is -2.30. The smallest absolute Gasteiger partial charge is 0.224 e. The van der Waals surface area contributed by atoms with Crippen LogP contribution in [-0.2, 0) is 17.8 Å². The SMILES string of the molecule is Cc1cccc(OCCCCn2c(C(C)NC(=O)Cc3ccccc3)nc3ccccc32)c1. The third kappa shape index (κ3) is 6.01. The second-order valence-electron chi connectivity index (χ2n) is 8.43. The van der Waals surface area contributed by atoms with E-state index in [-0.39, 0.29) is 11.9 Å². The van der Waals surface area contributed by atoms with Gasteiger partial charge in [-0.3, -0.25) is 4.79 Å². The maximum atomic E-state index is 12.6. The van der Waals surface area contributed by atoms with Gasteiger partial charge in [-0.2, -0.15) is 0 Å². The number of hydrogen-bond donors (Lipinski definition) is 1. The first kappa shape index (κ1) is 22.6. The molecule has 5 nitrogen and oxygen atoms in total. The lowest BCUT2D eigenvalue weighted by atomic mass is 10.1. The van der Waals surface area contributed by atoms with Crippen LogP contribution in [0, 0.1) is 6.92 Å². The van der Waals surface area contributed by atoms with Crippen molar-refractivity contribution in [2.24, 2.45) is 0 Å². The minimum Gasteiger partial charge on any atom is -0.494 e. The number of imidazole rings is 1. The Balaban J connectivity index is 1.39. The van der Waals surface area contributed by atoms with Crippen molar-refractivity contribution >= 4 is 16.9 Å². The zero-order chi connectivity index (χ0) is 23.0. The molecule has 1 aromatic heterocycles. The van der Waals surface area contributed by atoms with Gasteiger partial charge in [-0.15, -0.1) is 0 Å². The summed E-state index contributed by atoms with van der Waals surface area (Å²) in [7, 11) is 0. The second-order valence-corrected chi connectivity index (χ2v) is 8.43. The average Bonchev–Trinajstić information content (AvgIpc) is 3.18. The van der Waals surface area contributed by atoms with Gasteiger partial charge in [0.25, 0.3) is 0 Å². The Morgan fingerprint density at radius 2 is 1.79 bits per heavy atom. The van der Waals surface area contributed by atoms with Gasteiger partial charge in [0.05, 0.1) is 30.1 Å². The number of hydrogen-bond acceptors (Lipinski definition) is 3. The molecule has 0 fully saturated rings. The van der Waals surface area contributed by atoms with E-state index in [9.17, 15) is 4.79 Å². The minimum absolute atomic E-state index is 0.00105. The maximum Gasteiger partial charge on any atom is 0.224 e. The highest BCUT2D eigenvalue weighted by atomic mass is 16.5. The fraction of sp³-hybridized carbons (Fsp3) is 0.286. The van der Waals surface area contributed by atoms with E-state index in [0.717, 1.165) is 47.6 Å². The molecule has 0 bridgehead atoms. The van der Waals surface area contributed by atoms with Crippen molar-refractivity contribution in [2.45, 2.75) is 45.7 Å².